The van der Waals surface area contributed by atoms with Crippen LogP contribution in [-0.2, 0) is 14.8 Å². The summed E-state index contributed by atoms with van der Waals surface area (Å²) in [6.07, 6.45) is 1.78. The van der Waals surface area contributed by atoms with Crippen LogP contribution in [0, 0.1) is 6.92 Å². The fourth-order valence-corrected chi connectivity index (χ4v) is 4.81. The molecule has 29 heavy (non-hydrogen) atoms. The lowest BCUT2D eigenvalue weighted by molar-refractivity contribution is -0.118. The maximum atomic E-state index is 12.7. The fraction of sp³-hybridized carbons (Fsp3) is 0.381. The highest BCUT2D eigenvalue weighted by molar-refractivity contribution is 7.89. The molecule has 1 amide bonds. The Morgan fingerprint density at radius 1 is 1.07 bits per heavy atom. The van der Waals surface area contributed by atoms with Gasteiger partial charge >= 0.3 is 0 Å². The molecule has 0 bridgehead atoms. The van der Waals surface area contributed by atoms with E-state index in [4.69, 9.17) is 9.47 Å². The highest BCUT2D eigenvalue weighted by Gasteiger charge is 2.27. The van der Waals surface area contributed by atoms with Crippen LogP contribution in [0.5, 0.6) is 11.5 Å². The molecule has 0 saturated carbocycles. The molecule has 156 valence electrons. The van der Waals surface area contributed by atoms with E-state index in [0.29, 0.717) is 42.4 Å². The number of hydrogen-bond donors (Lipinski definition) is 1. The molecule has 0 spiro atoms. The highest BCUT2D eigenvalue weighted by Crippen LogP contribution is 2.27. The second-order valence-corrected chi connectivity index (χ2v) is 8.74. The van der Waals surface area contributed by atoms with Crippen molar-refractivity contribution in [2.75, 3.05) is 31.6 Å². The van der Waals surface area contributed by atoms with Gasteiger partial charge in [0.1, 0.15) is 11.5 Å². The van der Waals surface area contributed by atoms with Crippen molar-refractivity contribution in [1.29, 1.82) is 0 Å². The lowest BCUT2D eigenvalue weighted by atomic mass is 10.2. The maximum Gasteiger partial charge on any atom is 0.262 e. The number of nitrogens with one attached hydrogen (secondary N) is 1. The molecule has 1 N–H and O–H groups in total. The smallest absolute Gasteiger partial charge is 0.262 e. The molecular weight excluding hydrogens is 392 g/mol. The number of nitrogens with zero attached hydrogens (tertiary/aromatic N) is 1. The van der Waals surface area contributed by atoms with E-state index < -0.39 is 10.0 Å². The largest absolute Gasteiger partial charge is 0.492 e. The average Bonchev–Trinajstić information content (AvgIpc) is 3.24. The first-order valence-corrected chi connectivity index (χ1v) is 11.1. The van der Waals surface area contributed by atoms with Crippen LogP contribution in [0.4, 0.5) is 5.69 Å². The number of carbonyl (C=O) groups excluding carboxylic acids is 1. The third-order valence-corrected chi connectivity index (χ3v) is 6.56. The SMILES string of the molecule is CCOc1ccccc1NC(=O)COc1ccc(S(=O)(=O)N2CCCC2)cc1C. The summed E-state index contributed by atoms with van der Waals surface area (Å²) in [5.74, 6) is 0.736. The van der Waals surface area contributed by atoms with Gasteiger partial charge in [-0.25, -0.2) is 8.42 Å². The Hall–Kier alpha value is -2.58. The summed E-state index contributed by atoms with van der Waals surface area (Å²) in [4.78, 5) is 12.5. The first kappa shape index (κ1) is 21.1. The molecule has 1 fully saturated rings. The molecule has 7 nitrogen and oxygen atoms in total. The molecule has 0 radical (unpaired) electrons. The lowest BCUT2D eigenvalue weighted by Crippen LogP contribution is -2.27. The van der Waals surface area contributed by atoms with Crippen LogP contribution < -0.4 is 14.8 Å². The Morgan fingerprint density at radius 3 is 2.48 bits per heavy atom. The van der Waals surface area contributed by atoms with Crippen molar-refractivity contribution in [3.05, 3.63) is 48.0 Å². The Morgan fingerprint density at radius 2 is 1.79 bits per heavy atom. The molecule has 1 heterocycles. The second-order valence-electron chi connectivity index (χ2n) is 6.80. The van der Waals surface area contributed by atoms with E-state index in [1.54, 1.807) is 31.2 Å². The zero-order valence-electron chi connectivity index (χ0n) is 16.7. The topological polar surface area (TPSA) is 84.9 Å². The molecule has 2 aromatic rings. The van der Waals surface area contributed by atoms with E-state index in [1.165, 1.54) is 10.4 Å². The molecule has 0 atom stereocenters. The van der Waals surface area contributed by atoms with Gasteiger partial charge in [-0.2, -0.15) is 4.31 Å². The van der Waals surface area contributed by atoms with Crippen molar-refractivity contribution in [2.45, 2.75) is 31.6 Å². The zero-order chi connectivity index (χ0) is 20.9. The van der Waals surface area contributed by atoms with Gasteiger partial charge in [-0.15, -0.1) is 0 Å². The van der Waals surface area contributed by atoms with Crippen LogP contribution in [0.2, 0.25) is 0 Å². The van der Waals surface area contributed by atoms with E-state index in [9.17, 15) is 13.2 Å². The van der Waals surface area contributed by atoms with Gasteiger partial charge in [0, 0.05) is 13.1 Å². The summed E-state index contributed by atoms with van der Waals surface area (Å²) in [6.45, 7) is 5.06. The maximum absolute atomic E-state index is 12.7. The molecule has 1 aliphatic heterocycles. The van der Waals surface area contributed by atoms with Crippen LogP contribution in [0.15, 0.2) is 47.4 Å². The number of rotatable bonds is 8. The minimum Gasteiger partial charge on any atom is -0.492 e. The van der Waals surface area contributed by atoms with E-state index in [0.717, 1.165) is 12.8 Å². The van der Waals surface area contributed by atoms with Gasteiger partial charge in [0.15, 0.2) is 6.61 Å². The predicted molar refractivity (Wildman–Crippen MR) is 111 cm³/mol. The molecule has 1 aliphatic rings. The van der Waals surface area contributed by atoms with Crippen molar-refractivity contribution in [3.63, 3.8) is 0 Å². The molecule has 0 aliphatic carbocycles. The summed E-state index contributed by atoms with van der Waals surface area (Å²) < 4.78 is 37.9. The summed E-state index contributed by atoms with van der Waals surface area (Å²) in [5, 5.41) is 2.77. The van der Waals surface area contributed by atoms with Crippen molar-refractivity contribution in [2.24, 2.45) is 0 Å². The Labute approximate surface area is 171 Å². The number of carbonyl (C=O) groups is 1. The van der Waals surface area contributed by atoms with E-state index in [2.05, 4.69) is 5.32 Å². The third kappa shape index (κ3) is 5.07. The predicted octanol–water partition coefficient (Wildman–Crippen LogP) is 3.20. The molecule has 1 saturated heterocycles. The van der Waals surface area contributed by atoms with E-state index in [1.807, 2.05) is 19.1 Å². The molecule has 0 aromatic heterocycles. The number of hydrogen-bond acceptors (Lipinski definition) is 5. The van der Waals surface area contributed by atoms with Gasteiger partial charge < -0.3 is 14.8 Å². The third-order valence-electron chi connectivity index (χ3n) is 4.67. The summed E-state index contributed by atoms with van der Waals surface area (Å²) >= 11 is 0. The second kappa shape index (κ2) is 9.28. The van der Waals surface area contributed by atoms with Gasteiger partial charge in [-0.3, -0.25) is 4.79 Å². The van der Waals surface area contributed by atoms with Gasteiger partial charge in [-0.05, 0) is 62.6 Å². The van der Waals surface area contributed by atoms with Crippen LogP contribution in [0.1, 0.15) is 25.3 Å². The molecule has 8 heteroatoms. The van der Waals surface area contributed by atoms with Crippen molar-refractivity contribution >= 4 is 21.6 Å². The van der Waals surface area contributed by atoms with Crippen LogP contribution in [-0.4, -0.2) is 44.9 Å². The Balaban J connectivity index is 1.63. The Bertz CT molecular complexity index is 969. The van der Waals surface area contributed by atoms with E-state index >= 15 is 0 Å². The highest BCUT2D eigenvalue weighted by atomic mass is 32.2. The number of benzene rings is 2. The first-order chi connectivity index (χ1) is 13.9. The molecule has 0 unspecified atom stereocenters. The number of amides is 1. The number of para-hydroxylation sites is 2. The number of sulfonamides is 1. The minimum absolute atomic E-state index is 0.195. The summed E-state index contributed by atoms with van der Waals surface area (Å²) in [6, 6.07) is 11.9. The number of aryl methyl sites for hydroxylation is 1. The van der Waals surface area contributed by atoms with Gasteiger partial charge in [0.25, 0.3) is 5.91 Å². The quantitative estimate of drug-likeness (QED) is 0.712. The summed E-state index contributed by atoms with van der Waals surface area (Å²) in [7, 11) is -3.48. The van der Waals surface area contributed by atoms with Crippen molar-refractivity contribution in [1.82, 2.24) is 4.31 Å². The van der Waals surface area contributed by atoms with Crippen molar-refractivity contribution in [3.8, 4) is 11.5 Å². The minimum atomic E-state index is -3.48. The fourth-order valence-electron chi connectivity index (χ4n) is 3.20. The number of ether oxygens (including phenoxy) is 2. The summed E-state index contributed by atoms with van der Waals surface area (Å²) in [5.41, 5.74) is 1.24. The average molecular weight is 419 g/mol. The molecule has 2 aromatic carbocycles. The van der Waals surface area contributed by atoms with Crippen LogP contribution in [0.25, 0.3) is 0 Å². The molecule has 3 rings (SSSR count). The zero-order valence-corrected chi connectivity index (χ0v) is 17.5. The standard InChI is InChI=1S/C21H26N2O5S/c1-3-27-20-9-5-4-8-18(20)22-21(24)15-28-19-11-10-17(14-16(19)2)29(25,26)23-12-6-7-13-23/h4-5,8-11,14H,3,6-7,12-13,15H2,1-2H3,(H,22,24). The van der Waals surface area contributed by atoms with Crippen LogP contribution in [0.3, 0.4) is 0 Å². The Kier molecular flexibility index (Phi) is 6.76. The first-order valence-electron chi connectivity index (χ1n) is 9.67. The van der Waals surface area contributed by atoms with E-state index in [-0.39, 0.29) is 17.4 Å². The number of anilines is 1. The monoisotopic (exact) mass is 418 g/mol. The van der Waals surface area contributed by atoms with Gasteiger partial charge in [-0.1, -0.05) is 12.1 Å². The van der Waals surface area contributed by atoms with Gasteiger partial charge in [0.05, 0.1) is 17.2 Å². The lowest BCUT2D eigenvalue weighted by Gasteiger charge is -2.17. The van der Waals surface area contributed by atoms with Gasteiger partial charge in [0.2, 0.25) is 10.0 Å². The van der Waals surface area contributed by atoms with Crippen LogP contribution >= 0.6 is 0 Å². The normalized spacial score (nSPS) is 14.6. The molecular formula is C21H26N2O5S. The van der Waals surface area contributed by atoms with Crippen molar-refractivity contribution < 1.29 is 22.7 Å².